The Balaban J connectivity index is 4.29. The lowest BCUT2D eigenvalue weighted by atomic mass is 10.0. The molecule has 1 atom stereocenters. The molecule has 0 aromatic heterocycles. The molecule has 0 heterocycles. The summed E-state index contributed by atoms with van der Waals surface area (Å²) in [5, 5.41) is 0. The van der Waals surface area contributed by atoms with E-state index in [1.54, 1.807) is 0 Å². The summed E-state index contributed by atoms with van der Waals surface area (Å²) in [5.74, 6) is -0.839. The Bertz CT molecular complexity index is 1300. The van der Waals surface area contributed by atoms with Crippen LogP contribution in [0, 0.1) is 0 Å². The van der Waals surface area contributed by atoms with Crippen molar-refractivity contribution in [3.05, 3.63) is 36.5 Å². The fourth-order valence-electron chi connectivity index (χ4n) is 10.6. The topological polar surface area (TPSA) is 78.9 Å². The van der Waals surface area contributed by atoms with Gasteiger partial charge in [-0.3, -0.25) is 14.4 Å². The van der Waals surface area contributed by atoms with Gasteiger partial charge in [-0.15, -0.1) is 0 Å². The van der Waals surface area contributed by atoms with E-state index in [9.17, 15) is 14.4 Å². The Morgan fingerprint density at radius 2 is 0.462 bits per heavy atom. The number of unbranched alkanes of at least 4 members (excludes halogenated alkanes) is 48. The highest BCUT2D eigenvalue weighted by atomic mass is 16.6. The molecule has 0 saturated heterocycles. The van der Waals surface area contributed by atoms with E-state index in [4.69, 9.17) is 14.2 Å². The van der Waals surface area contributed by atoms with E-state index >= 15 is 0 Å². The van der Waals surface area contributed by atoms with Crippen LogP contribution in [0.3, 0.4) is 0 Å². The van der Waals surface area contributed by atoms with Gasteiger partial charge in [-0.25, -0.2) is 0 Å². The zero-order chi connectivity index (χ0) is 56.4. The highest BCUT2D eigenvalue weighted by molar-refractivity contribution is 5.71. The predicted molar refractivity (Wildman–Crippen MR) is 339 cm³/mol. The summed E-state index contributed by atoms with van der Waals surface area (Å²) < 4.78 is 17.0. The van der Waals surface area contributed by atoms with Gasteiger partial charge in [0.1, 0.15) is 13.2 Å². The molecule has 1 unspecified atom stereocenters. The van der Waals surface area contributed by atoms with E-state index < -0.39 is 6.10 Å². The monoisotopic (exact) mass is 1100 g/mol. The van der Waals surface area contributed by atoms with Crippen molar-refractivity contribution in [2.24, 2.45) is 0 Å². The molecule has 78 heavy (non-hydrogen) atoms. The fourth-order valence-corrected chi connectivity index (χ4v) is 10.6. The van der Waals surface area contributed by atoms with Gasteiger partial charge in [-0.1, -0.05) is 346 Å². The van der Waals surface area contributed by atoms with Crippen LogP contribution in [-0.2, 0) is 28.6 Å². The van der Waals surface area contributed by atoms with Crippen molar-refractivity contribution in [2.75, 3.05) is 13.2 Å². The first kappa shape index (κ1) is 75.6. The summed E-state index contributed by atoms with van der Waals surface area (Å²) in [6, 6.07) is 0. The van der Waals surface area contributed by atoms with Gasteiger partial charge in [0.2, 0.25) is 0 Å². The Morgan fingerprint density at radius 1 is 0.256 bits per heavy atom. The minimum Gasteiger partial charge on any atom is -0.462 e. The van der Waals surface area contributed by atoms with Crippen LogP contribution in [0.15, 0.2) is 36.5 Å². The number of ether oxygens (including phenoxy) is 3. The Morgan fingerprint density at radius 3 is 0.718 bits per heavy atom. The van der Waals surface area contributed by atoms with Crippen molar-refractivity contribution in [3.63, 3.8) is 0 Å². The lowest BCUT2D eigenvalue weighted by Crippen LogP contribution is -2.30. The van der Waals surface area contributed by atoms with Crippen LogP contribution >= 0.6 is 0 Å². The zero-order valence-electron chi connectivity index (χ0n) is 52.7. The van der Waals surface area contributed by atoms with Crippen molar-refractivity contribution in [1.82, 2.24) is 0 Å². The third kappa shape index (κ3) is 64.5. The zero-order valence-corrected chi connectivity index (χ0v) is 52.7. The standard InChI is InChI=1S/C72H134O6/c1-4-7-10-13-16-19-22-25-28-31-33-34-35-36-37-38-39-42-44-47-50-53-56-59-62-65-71(74)77-68-69(67-76-70(73)64-61-58-55-52-49-46-43-40-30-27-24-21-18-15-12-9-6-3)78-72(75)66-63-60-57-54-51-48-45-41-32-29-26-23-20-17-14-11-8-5-2/h22,25,31,33,35-36,69H,4-21,23-24,26-30,32,34,37-68H2,1-3H3/b25-22-,33-31-,36-35-. The Hall–Kier alpha value is -2.37. The second-order valence-electron chi connectivity index (χ2n) is 23.8. The molecule has 6 heteroatoms. The molecular formula is C72H134O6. The summed E-state index contributed by atoms with van der Waals surface area (Å²) in [6.45, 7) is 6.71. The van der Waals surface area contributed by atoms with Crippen molar-refractivity contribution in [3.8, 4) is 0 Å². The first-order valence-corrected chi connectivity index (χ1v) is 35.0. The third-order valence-corrected chi connectivity index (χ3v) is 15.9. The van der Waals surface area contributed by atoms with Gasteiger partial charge < -0.3 is 14.2 Å². The Kier molecular flexibility index (Phi) is 65.1. The summed E-state index contributed by atoms with van der Waals surface area (Å²) in [5.41, 5.74) is 0. The van der Waals surface area contributed by atoms with E-state index in [-0.39, 0.29) is 31.1 Å². The highest BCUT2D eigenvalue weighted by Gasteiger charge is 2.19. The molecule has 0 radical (unpaired) electrons. The largest absolute Gasteiger partial charge is 0.462 e. The van der Waals surface area contributed by atoms with Crippen LogP contribution in [0.4, 0.5) is 0 Å². The maximum Gasteiger partial charge on any atom is 0.306 e. The average molecular weight is 1100 g/mol. The molecule has 0 bridgehead atoms. The molecule has 0 aromatic rings. The number of carbonyl (C=O) groups excluding carboxylic acids is 3. The average Bonchev–Trinajstić information content (AvgIpc) is 3.44. The predicted octanol–water partition coefficient (Wildman–Crippen LogP) is 23.9. The van der Waals surface area contributed by atoms with Crippen LogP contribution < -0.4 is 0 Å². The number of rotatable bonds is 65. The fraction of sp³-hybridized carbons (Fsp3) is 0.875. The number of allylic oxidation sites excluding steroid dienone is 6. The molecule has 0 amide bonds. The number of esters is 3. The molecule has 0 aliphatic carbocycles. The van der Waals surface area contributed by atoms with E-state index in [0.29, 0.717) is 19.3 Å². The lowest BCUT2D eigenvalue weighted by molar-refractivity contribution is -0.167. The van der Waals surface area contributed by atoms with Gasteiger partial charge in [-0.05, 0) is 57.8 Å². The first-order valence-electron chi connectivity index (χ1n) is 35.0. The van der Waals surface area contributed by atoms with Crippen LogP contribution in [0.2, 0.25) is 0 Å². The molecule has 0 saturated carbocycles. The summed E-state index contributed by atoms with van der Waals surface area (Å²) in [6.07, 6.45) is 83.0. The minimum atomic E-state index is -0.771. The van der Waals surface area contributed by atoms with Crippen LogP contribution in [0.5, 0.6) is 0 Å². The summed E-state index contributed by atoms with van der Waals surface area (Å²) >= 11 is 0. The SMILES string of the molecule is CCCCCCC/C=C\C/C=C\C/C=C\CCCCCCCCCCCCC(=O)OCC(COC(=O)CCCCCCCCCCCCCCCCCCC)OC(=O)CCCCCCCCCCCCCCCCCCCC. The van der Waals surface area contributed by atoms with E-state index in [0.717, 1.165) is 70.6 Å². The van der Waals surface area contributed by atoms with Crippen LogP contribution in [0.1, 0.15) is 387 Å². The Labute approximate surface area is 486 Å². The van der Waals surface area contributed by atoms with Gasteiger partial charge in [0.05, 0.1) is 0 Å². The van der Waals surface area contributed by atoms with Gasteiger partial charge in [0.15, 0.2) is 6.10 Å². The van der Waals surface area contributed by atoms with Gasteiger partial charge in [-0.2, -0.15) is 0 Å². The highest BCUT2D eigenvalue weighted by Crippen LogP contribution is 2.18. The maximum atomic E-state index is 12.9. The number of hydrogen-bond donors (Lipinski definition) is 0. The van der Waals surface area contributed by atoms with Crippen LogP contribution in [-0.4, -0.2) is 37.2 Å². The molecule has 0 aromatic carbocycles. The molecule has 0 aliphatic rings. The van der Waals surface area contributed by atoms with Gasteiger partial charge in [0.25, 0.3) is 0 Å². The molecule has 6 nitrogen and oxygen atoms in total. The van der Waals surface area contributed by atoms with Crippen LogP contribution in [0.25, 0.3) is 0 Å². The quantitative estimate of drug-likeness (QED) is 0.0261. The van der Waals surface area contributed by atoms with Crippen molar-refractivity contribution in [2.45, 2.75) is 393 Å². The minimum absolute atomic E-state index is 0.0668. The number of carbonyl (C=O) groups is 3. The first-order chi connectivity index (χ1) is 38.5. The van der Waals surface area contributed by atoms with E-state index in [2.05, 4.69) is 57.2 Å². The molecule has 0 rings (SSSR count). The second kappa shape index (κ2) is 67.1. The van der Waals surface area contributed by atoms with Gasteiger partial charge in [0, 0.05) is 19.3 Å². The van der Waals surface area contributed by atoms with E-state index in [1.807, 2.05) is 0 Å². The van der Waals surface area contributed by atoms with Crippen molar-refractivity contribution < 1.29 is 28.6 Å². The molecule has 0 N–H and O–H groups in total. The molecule has 0 aliphatic heterocycles. The molecule has 458 valence electrons. The molecular weight excluding hydrogens is 961 g/mol. The van der Waals surface area contributed by atoms with Crippen molar-refractivity contribution in [1.29, 1.82) is 0 Å². The normalized spacial score (nSPS) is 12.2. The smallest absolute Gasteiger partial charge is 0.306 e. The van der Waals surface area contributed by atoms with E-state index in [1.165, 1.54) is 276 Å². The van der Waals surface area contributed by atoms with Gasteiger partial charge >= 0.3 is 17.9 Å². The van der Waals surface area contributed by atoms with Crippen molar-refractivity contribution >= 4 is 17.9 Å². The molecule has 0 fully saturated rings. The lowest BCUT2D eigenvalue weighted by Gasteiger charge is -2.18. The second-order valence-corrected chi connectivity index (χ2v) is 23.8. The summed E-state index contributed by atoms with van der Waals surface area (Å²) in [4.78, 5) is 38.4. The summed E-state index contributed by atoms with van der Waals surface area (Å²) in [7, 11) is 0. The maximum absolute atomic E-state index is 12.9. The molecule has 0 spiro atoms. The number of hydrogen-bond acceptors (Lipinski definition) is 6. The third-order valence-electron chi connectivity index (χ3n) is 15.9.